The summed E-state index contributed by atoms with van der Waals surface area (Å²) in [6.45, 7) is 0. The summed E-state index contributed by atoms with van der Waals surface area (Å²) in [5.74, 6) is -1.57. The minimum absolute atomic E-state index is 0.265. The molecule has 3 rings (SSSR count). The van der Waals surface area contributed by atoms with Crippen molar-refractivity contribution in [2.24, 2.45) is 11.8 Å². The zero-order valence-corrected chi connectivity index (χ0v) is 7.75. The van der Waals surface area contributed by atoms with Crippen LogP contribution in [0.1, 0.15) is 12.8 Å². The number of fused-ring (bicyclic) bond motifs is 2. The van der Waals surface area contributed by atoms with Gasteiger partial charge in [-0.25, -0.2) is 9.18 Å². The van der Waals surface area contributed by atoms with E-state index in [0.29, 0.717) is 12.8 Å². The van der Waals surface area contributed by atoms with Crippen molar-refractivity contribution in [3.63, 3.8) is 0 Å². The van der Waals surface area contributed by atoms with Gasteiger partial charge >= 0.3 is 6.03 Å². The molecule has 0 bridgehead atoms. The van der Waals surface area contributed by atoms with Crippen LogP contribution in [-0.2, 0) is 9.59 Å². The third kappa shape index (κ3) is 0.770. The maximum Gasteiger partial charge on any atom is 0.322 e. The number of carbonyl (C=O) groups is 3. The molecule has 2 N–H and O–H groups in total. The second-order valence-electron chi connectivity index (χ2n) is 4.45. The Hall–Kier alpha value is -1.46. The molecule has 0 unspecified atom stereocenters. The minimum Gasteiger partial charge on any atom is -0.323 e. The van der Waals surface area contributed by atoms with E-state index in [1.807, 2.05) is 0 Å². The second-order valence-corrected chi connectivity index (χ2v) is 4.45. The molecule has 3 aliphatic rings. The Bertz CT molecular complexity index is 399. The van der Waals surface area contributed by atoms with Gasteiger partial charge < -0.3 is 5.32 Å². The third-order valence-electron chi connectivity index (χ3n) is 3.87. The van der Waals surface area contributed by atoms with Crippen molar-refractivity contribution in [1.82, 2.24) is 10.6 Å². The molecule has 0 aromatic heterocycles. The van der Waals surface area contributed by atoms with Crippen LogP contribution in [0.3, 0.4) is 0 Å². The molecule has 5 nitrogen and oxygen atoms in total. The average Bonchev–Trinajstić information content (AvgIpc) is 2.51. The van der Waals surface area contributed by atoms with Gasteiger partial charge in [-0.15, -0.1) is 0 Å². The number of imide groups is 1. The Morgan fingerprint density at radius 1 is 1.47 bits per heavy atom. The van der Waals surface area contributed by atoms with Crippen LogP contribution in [0.25, 0.3) is 0 Å². The number of hydrogen-bond donors (Lipinski definition) is 2. The molecule has 4 atom stereocenters. The molecule has 1 saturated heterocycles. The summed E-state index contributed by atoms with van der Waals surface area (Å²) in [4.78, 5) is 33.2. The van der Waals surface area contributed by atoms with E-state index in [9.17, 15) is 18.8 Å². The normalized spacial score (nSPS) is 51.3. The van der Waals surface area contributed by atoms with Crippen LogP contribution < -0.4 is 10.6 Å². The molecule has 0 aromatic rings. The molecule has 1 spiro atoms. The van der Waals surface area contributed by atoms with Crippen LogP contribution in [0, 0.1) is 11.8 Å². The Balaban J connectivity index is 1.99. The molecule has 80 valence electrons. The predicted molar refractivity (Wildman–Crippen MR) is 45.5 cm³/mol. The lowest BCUT2D eigenvalue weighted by Gasteiger charge is -2.23. The summed E-state index contributed by atoms with van der Waals surface area (Å²) in [6, 6.07) is -0.596. The number of carbonyl (C=O) groups excluding carboxylic acids is 3. The topological polar surface area (TPSA) is 75.3 Å². The summed E-state index contributed by atoms with van der Waals surface area (Å²) >= 11 is 0. The van der Waals surface area contributed by atoms with Crippen LogP contribution in [0.2, 0.25) is 0 Å². The maximum atomic E-state index is 13.8. The SMILES string of the molecule is O=C[C@@]1(F)[C@@H]2CC[C@]3(NC(=O)NC3=O)[C@@H]21. The highest BCUT2D eigenvalue weighted by Crippen LogP contribution is 2.66. The smallest absolute Gasteiger partial charge is 0.322 e. The Morgan fingerprint density at radius 2 is 2.20 bits per heavy atom. The van der Waals surface area contributed by atoms with E-state index in [-0.39, 0.29) is 6.29 Å². The van der Waals surface area contributed by atoms with E-state index < -0.39 is 35.0 Å². The number of urea groups is 1. The van der Waals surface area contributed by atoms with Gasteiger partial charge in [0.1, 0.15) is 5.54 Å². The largest absolute Gasteiger partial charge is 0.323 e. The summed E-state index contributed by atoms with van der Waals surface area (Å²) in [6.07, 6.45) is 1.15. The fraction of sp³-hybridized carbons (Fsp3) is 0.667. The lowest BCUT2D eigenvalue weighted by atomic mass is 9.90. The van der Waals surface area contributed by atoms with Gasteiger partial charge in [-0.05, 0) is 12.8 Å². The van der Waals surface area contributed by atoms with Crippen molar-refractivity contribution in [3.8, 4) is 0 Å². The van der Waals surface area contributed by atoms with Crippen molar-refractivity contribution >= 4 is 18.2 Å². The molecule has 0 aromatic carbocycles. The lowest BCUT2D eigenvalue weighted by molar-refractivity contribution is -0.125. The monoisotopic (exact) mass is 212 g/mol. The summed E-state index contributed by atoms with van der Waals surface area (Å²) < 4.78 is 13.8. The van der Waals surface area contributed by atoms with E-state index in [1.165, 1.54) is 0 Å². The Labute approximate surface area is 84.4 Å². The molecule has 6 heteroatoms. The molecule has 3 fully saturated rings. The number of halogens is 1. The van der Waals surface area contributed by atoms with Gasteiger partial charge in [-0.2, -0.15) is 0 Å². The van der Waals surface area contributed by atoms with Crippen LogP contribution in [0.4, 0.5) is 9.18 Å². The first-order valence-corrected chi connectivity index (χ1v) is 4.83. The first-order chi connectivity index (χ1) is 7.04. The van der Waals surface area contributed by atoms with Crippen molar-refractivity contribution in [1.29, 1.82) is 0 Å². The van der Waals surface area contributed by atoms with Crippen molar-refractivity contribution < 1.29 is 18.8 Å². The molecule has 1 heterocycles. The number of amides is 3. The van der Waals surface area contributed by atoms with Gasteiger partial charge in [0.25, 0.3) is 5.91 Å². The van der Waals surface area contributed by atoms with E-state index in [4.69, 9.17) is 0 Å². The van der Waals surface area contributed by atoms with Crippen molar-refractivity contribution in [3.05, 3.63) is 0 Å². The summed E-state index contributed by atoms with van der Waals surface area (Å²) in [7, 11) is 0. The van der Waals surface area contributed by atoms with Gasteiger partial charge in [0.05, 0.1) is 0 Å². The number of nitrogens with one attached hydrogen (secondary N) is 2. The van der Waals surface area contributed by atoms with Crippen LogP contribution in [0.15, 0.2) is 0 Å². The molecule has 2 aliphatic carbocycles. The zero-order chi connectivity index (χ0) is 10.8. The van der Waals surface area contributed by atoms with E-state index in [0.717, 1.165) is 0 Å². The van der Waals surface area contributed by atoms with Crippen molar-refractivity contribution in [2.75, 3.05) is 0 Å². The second kappa shape index (κ2) is 2.20. The molecule has 2 saturated carbocycles. The predicted octanol–water partition coefficient (Wildman–Crippen LogP) is -0.488. The van der Waals surface area contributed by atoms with Crippen LogP contribution in [0.5, 0.6) is 0 Å². The summed E-state index contributed by atoms with van der Waals surface area (Å²) in [5.41, 5.74) is -3.08. The summed E-state index contributed by atoms with van der Waals surface area (Å²) in [5, 5.41) is 4.56. The zero-order valence-electron chi connectivity index (χ0n) is 7.75. The maximum absolute atomic E-state index is 13.8. The number of aldehydes is 1. The minimum atomic E-state index is -1.91. The standard InChI is InChI=1S/C9H9FN2O3/c10-8(3-13)4-1-2-9(5(4)8)6(14)11-7(15)12-9/h3-5H,1-2H2,(H2,11,12,14,15)/t4-,5+,8-,9+/m1/s1. The van der Waals surface area contributed by atoms with E-state index in [2.05, 4.69) is 10.6 Å². The fourth-order valence-electron chi connectivity index (χ4n) is 3.16. The number of alkyl halides is 1. The lowest BCUT2D eigenvalue weighted by Crippen LogP contribution is -2.49. The first-order valence-electron chi connectivity index (χ1n) is 4.83. The van der Waals surface area contributed by atoms with Gasteiger partial charge in [-0.3, -0.25) is 14.9 Å². The first kappa shape index (κ1) is 8.82. The van der Waals surface area contributed by atoms with E-state index >= 15 is 0 Å². The third-order valence-corrected chi connectivity index (χ3v) is 3.87. The molecular weight excluding hydrogens is 203 g/mol. The van der Waals surface area contributed by atoms with E-state index in [1.54, 1.807) is 0 Å². The Morgan fingerprint density at radius 3 is 2.67 bits per heavy atom. The van der Waals surface area contributed by atoms with Crippen LogP contribution in [-0.4, -0.2) is 29.4 Å². The molecule has 3 amide bonds. The highest BCUT2D eigenvalue weighted by molar-refractivity contribution is 6.08. The van der Waals surface area contributed by atoms with Gasteiger partial charge in [0.15, 0.2) is 12.0 Å². The van der Waals surface area contributed by atoms with Gasteiger partial charge in [0.2, 0.25) is 0 Å². The fourth-order valence-corrected chi connectivity index (χ4v) is 3.16. The highest BCUT2D eigenvalue weighted by atomic mass is 19.1. The van der Waals surface area contributed by atoms with Gasteiger partial charge in [-0.1, -0.05) is 0 Å². The molecule has 15 heavy (non-hydrogen) atoms. The molecular formula is C9H9FN2O3. The molecule has 1 aliphatic heterocycles. The molecule has 0 radical (unpaired) electrons. The Kier molecular flexibility index (Phi) is 1.29. The average molecular weight is 212 g/mol. The van der Waals surface area contributed by atoms with Crippen LogP contribution >= 0.6 is 0 Å². The number of rotatable bonds is 1. The van der Waals surface area contributed by atoms with Gasteiger partial charge in [0, 0.05) is 11.8 Å². The quantitative estimate of drug-likeness (QED) is 0.455. The highest BCUT2D eigenvalue weighted by Gasteiger charge is 2.80. The van der Waals surface area contributed by atoms with Crippen molar-refractivity contribution in [2.45, 2.75) is 24.0 Å². The number of hydrogen-bond acceptors (Lipinski definition) is 3.